The lowest BCUT2D eigenvalue weighted by Gasteiger charge is -2.13. The quantitative estimate of drug-likeness (QED) is 0.485. The Morgan fingerprint density at radius 2 is 1.89 bits per heavy atom. The van der Waals surface area contributed by atoms with Gasteiger partial charge in [0.2, 0.25) is 0 Å². The Balaban J connectivity index is 3.92. The summed E-state index contributed by atoms with van der Waals surface area (Å²) in [5.74, 6) is -0.721. The Morgan fingerprint density at radius 3 is 2.21 bits per heavy atom. The number of alkyl halides is 3. The minimum atomic E-state index is -5.28. The van der Waals surface area contributed by atoms with Gasteiger partial charge in [0.05, 0.1) is 12.0 Å². The first-order valence-electron chi connectivity index (χ1n) is 4.37. The molecule has 0 heterocycles. The lowest BCUT2D eigenvalue weighted by Crippen LogP contribution is -2.14. The van der Waals surface area contributed by atoms with E-state index in [1.165, 1.54) is 0 Å². The van der Waals surface area contributed by atoms with Crippen molar-refractivity contribution in [3.8, 4) is 5.75 Å². The van der Waals surface area contributed by atoms with Crippen LogP contribution in [0.1, 0.15) is 5.56 Å². The number of methoxy groups -OCH3 is 1. The molecule has 11 heteroatoms. The number of benzene rings is 1. The number of nitro groups is 1. The van der Waals surface area contributed by atoms with Gasteiger partial charge < -0.3 is 4.74 Å². The summed E-state index contributed by atoms with van der Waals surface area (Å²) in [4.78, 5) is 7.94. The molecule has 0 radical (unpaired) electrons. The highest BCUT2D eigenvalue weighted by Crippen LogP contribution is 2.45. The first-order chi connectivity index (χ1) is 8.50. The van der Waals surface area contributed by atoms with Crippen LogP contribution in [0.4, 0.5) is 18.9 Å². The molecule has 0 fully saturated rings. The number of nitro benzene ring substituents is 1. The van der Waals surface area contributed by atoms with Gasteiger partial charge in [-0.15, -0.1) is 0 Å². The smallest absolute Gasteiger partial charge is 0.424 e. The van der Waals surface area contributed by atoms with Crippen molar-refractivity contribution in [2.24, 2.45) is 0 Å². The van der Waals surface area contributed by atoms with E-state index in [4.69, 9.17) is 10.7 Å². The molecule has 0 saturated heterocycles. The molecule has 1 aromatic rings. The molecule has 0 unspecified atom stereocenters. The monoisotopic (exact) mass is 319 g/mol. The third kappa shape index (κ3) is 3.07. The zero-order valence-corrected chi connectivity index (χ0v) is 10.6. The van der Waals surface area contributed by atoms with Crippen LogP contribution in [0.25, 0.3) is 0 Å². The van der Waals surface area contributed by atoms with E-state index in [-0.39, 0.29) is 0 Å². The molecule has 19 heavy (non-hydrogen) atoms. The van der Waals surface area contributed by atoms with E-state index in [9.17, 15) is 31.7 Å². The predicted molar refractivity (Wildman–Crippen MR) is 57.7 cm³/mol. The number of hydrogen-bond donors (Lipinski definition) is 0. The summed E-state index contributed by atoms with van der Waals surface area (Å²) < 4.78 is 65.1. The molecule has 0 atom stereocenters. The molecule has 0 aromatic heterocycles. The minimum absolute atomic E-state index is 0.497. The van der Waals surface area contributed by atoms with Crippen molar-refractivity contribution >= 4 is 25.4 Å². The van der Waals surface area contributed by atoms with E-state index >= 15 is 0 Å². The molecule has 0 spiro atoms. The summed E-state index contributed by atoms with van der Waals surface area (Å²) in [6, 6.07) is 1.22. The first-order valence-corrected chi connectivity index (χ1v) is 6.68. The van der Waals surface area contributed by atoms with Crippen molar-refractivity contribution in [1.82, 2.24) is 0 Å². The molecule has 1 aromatic carbocycles. The molecule has 0 N–H and O–H groups in total. The van der Waals surface area contributed by atoms with Crippen LogP contribution < -0.4 is 4.74 Å². The first kappa shape index (κ1) is 15.5. The van der Waals surface area contributed by atoms with Crippen LogP contribution in [0.2, 0.25) is 0 Å². The standard InChI is InChI=1S/C8H5ClF3NO5S/c1-18-4-2-3-5(19(9,16)17)6(8(10,11)12)7(4)13(14)15/h2-3H,1H3. The van der Waals surface area contributed by atoms with Gasteiger partial charge in [0, 0.05) is 10.7 Å². The molecule has 0 saturated carbocycles. The normalized spacial score (nSPS) is 12.3. The molecule has 0 aliphatic heterocycles. The van der Waals surface area contributed by atoms with Crippen molar-refractivity contribution in [3.63, 3.8) is 0 Å². The molecule has 0 amide bonds. The van der Waals surface area contributed by atoms with Crippen LogP contribution in [0.5, 0.6) is 5.75 Å². The van der Waals surface area contributed by atoms with Gasteiger partial charge in [-0.05, 0) is 12.1 Å². The molecule has 0 aliphatic rings. The van der Waals surface area contributed by atoms with E-state index in [1.54, 1.807) is 0 Å². The van der Waals surface area contributed by atoms with Gasteiger partial charge in [0.25, 0.3) is 9.05 Å². The number of halogens is 4. The van der Waals surface area contributed by atoms with E-state index < -0.39 is 42.0 Å². The van der Waals surface area contributed by atoms with Crippen LogP contribution >= 0.6 is 10.7 Å². The molecule has 0 bridgehead atoms. The predicted octanol–water partition coefficient (Wildman–Crippen LogP) is 2.55. The van der Waals surface area contributed by atoms with Gasteiger partial charge >= 0.3 is 11.9 Å². The van der Waals surface area contributed by atoms with Gasteiger partial charge in [-0.2, -0.15) is 13.2 Å². The lowest BCUT2D eigenvalue weighted by atomic mass is 10.1. The van der Waals surface area contributed by atoms with Crippen LogP contribution in [0, 0.1) is 10.1 Å². The van der Waals surface area contributed by atoms with Gasteiger partial charge in [0.15, 0.2) is 11.3 Å². The van der Waals surface area contributed by atoms with Gasteiger partial charge in [-0.1, -0.05) is 0 Å². The van der Waals surface area contributed by atoms with Crippen LogP contribution in [0.3, 0.4) is 0 Å². The van der Waals surface area contributed by atoms with Crippen LogP contribution in [0.15, 0.2) is 17.0 Å². The number of ether oxygens (including phenoxy) is 1. The van der Waals surface area contributed by atoms with E-state index in [0.717, 1.165) is 13.2 Å². The maximum Gasteiger partial charge on any atom is 0.424 e. The van der Waals surface area contributed by atoms with Crippen molar-refractivity contribution in [2.75, 3.05) is 7.11 Å². The summed E-state index contributed by atoms with van der Waals surface area (Å²) in [6.07, 6.45) is -5.28. The Kier molecular flexibility index (Phi) is 3.96. The third-order valence-corrected chi connectivity index (χ3v) is 3.42. The highest BCUT2D eigenvalue weighted by atomic mass is 35.7. The summed E-state index contributed by atoms with van der Waals surface area (Å²) in [5.41, 5.74) is -3.47. The number of nitrogens with zero attached hydrogens (tertiary/aromatic N) is 1. The second kappa shape index (κ2) is 4.85. The van der Waals surface area contributed by atoms with Gasteiger partial charge in [-0.25, -0.2) is 8.42 Å². The molecule has 106 valence electrons. The Morgan fingerprint density at radius 1 is 1.37 bits per heavy atom. The highest BCUT2D eigenvalue weighted by Gasteiger charge is 2.45. The van der Waals surface area contributed by atoms with Crippen molar-refractivity contribution in [3.05, 3.63) is 27.8 Å². The largest absolute Gasteiger partial charge is 0.490 e. The molecule has 6 nitrogen and oxygen atoms in total. The van der Waals surface area contributed by atoms with Crippen molar-refractivity contribution in [2.45, 2.75) is 11.1 Å². The molecular formula is C8H5ClF3NO5S. The highest BCUT2D eigenvalue weighted by molar-refractivity contribution is 8.13. The minimum Gasteiger partial charge on any atom is -0.490 e. The fourth-order valence-corrected chi connectivity index (χ4v) is 2.45. The van der Waals surface area contributed by atoms with Gasteiger partial charge in [-0.3, -0.25) is 10.1 Å². The summed E-state index contributed by atoms with van der Waals surface area (Å²) in [7, 11) is 0.959. The third-order valence-electron chi connectivity index (χ3n) is 2.05. The van der Waals surface area contributed by atoms with Crippen molar-refractivity contribution < 1.29 is 31.2 Å². The maximum atomic E-state index is 12.8. The Bertz CT molecular complexity index is 628. The van der Waals surface area contributed by atoms with Gasteiger partial charge in [0.1, 0.15) is 4.90 Å². The summed E-state index contributed by atoms with van der Waals surface area (Å²) in [5, 5.41) is 10.7. The van der Waals surface area contributed by atoms with E-state index in [0.29, 0.717) is 6.07 Å². The van der Waals surface area contributed by atoms with Crippen LogP contribution in [-0.2, 0) is 15.2 Å². The van der Waals surface area contributed by atoms with Crippen LogP contribution in [-0.4, -0.2) is 20.5 Å². The fourth-order valence-electron chi connectivity index (χ4n) is 1.38. The second-order valence-corrected chi connectivity index (χ2v) is 5.72. The SMILES string of the molecule is COc1ccc(S(=O)(=O)Cl)c(C(F)(F)F)c1[N+](=O)[O-]. The Hall–Kier alpha value is -1.55. The topological polar surface area (TPSA) is 86.5 Å². The van der Waals surface area contributed by atoms with E-state index in [2.05, 4.69) is 4.74 Å². The molecule has 1 rings (SSSR count). The summed E-state index contributed by atoms with van der Waals surface area (Å²) >= 11 is 0. The average molecular weight is 320 g/mol. The fraction of sp³-hybridized carbons (Fsp3) is 0.250. The second-order valence-electron chi connectivity index (χ2n) is 3.18. The summed E-state index contributed by atoms with van der Waals surface area (Å²) in [6.45, 7) is 0. The van der Waals surface area contributed by atoms with E-state index in [1.807, 2.05) is 0 Å². The zero-order chi connectivity index (χ0) is 15.0. The average Bonchev–Trinajstić information content (AvgIpc) is 2.24. The maximum absolute atomic E-state index is 12.8. The number of hydrogen-bond acceptors (Lipinski definition) is 5. The zero-order valence-electron chi connectivity index (χ0n) is 9.06. The lowest BCUT2D eigenvalue weighted by molar-refractivity contribution is -0.389. The molecular weight excluding hydrogens is 315 g/mol. The van der Waals surface area contributed by atoms with Crippen molar-refractivity contribution in [1.29, 1.82) is 0 Å². The molecule has 0 aliphatic carbocycles. The Labute approximate surface area is 109 Å². The number of rotatable bonds is 3.